The summed E-state index contributed by atoms with van der Waals surface area (Å²) in [6.45, 7) is 0.474. The number of nitrogens with two attached hydrogens (primary N) is 1. The Bertz CT molecular complexity index is 591. The molecule has 0 saturated heterocycles. The van der Waals surface area contributed by atoms with Gasteiger partial charge in [0.15, 0.2) is 0 Å². The molecule has 86 valence electrons. The van der Waals surface area contributed by atoms with E-state index in [-0.39, 0.29) is 0 Å². The van der Waals surface area contributed by atoms with Gasteiger partial charge in [-0.25, -0.2) is 0 Å². The Labute approximate surface area is 99.6 Å². The molecule has 0 amide bonds. The number of hydrogen-bond donors (Lipinski definition) is 1. The maximum Gasteiger partial charge on any atom is 0.126 e. The van der Waals surface area contributed by atoms with Gasteiger partial charge in [-0.3, -0.25) is 4.68 Å². The molecule has 0 radical (unpaired) electrons. The second-order valence-electron chi connectivity index (χ2n) is 4.79. The van der Waals surface area contributed by atoms with Gasteiger partial charge in [-0.1, -0.05) is 18.2 Å². The second kappa shape index (κ2) is 3.57. The van der Waals surface area contributed by atoms with Crippen LogP contribution < -0.4 is 5.73 Å². The van der Waals surface area contributed by atoms with Crippen molar-refractivity contribution in [3.05, 3.63) is 30.5 Å². The van der Waals surface area contributed by atoms with Gasteiger partial charge in [0, 0.05) is 5.39 Å². The number of para-hydroxylation sites is 1. The first kappa shape index (κ1) is 10.3. The molecule has 2 aromatic rings. The van der Waals surface area contributed by atoms with Gasteiger partial charge in [-0.2, -0.15) is 10.4 Å². The number of nitriles is 1. The van der Waals surface area contributed by atoms with E-state index in [1.807, 2.05) is 35.1 Å². The highest BCUT2D eigenvalue weighted by Crippen LogP contribution is 2.39. The minimum atomic E-state index is -0.769. The smallest absolute Gasteiger partial charge is 0.126 e. The summed E-state index contributed by atoms with van der Waals surface area (Å²) in [6.07, 6.45) is 3.94. The van der Waals surface area contributed by atoms with Crippen LogP contribution in [0.3, 0.4) is 0 Å². The highest BCUT2D eigenvalue weighted by molar-refractivity contribution is 5.78. The van der Waals surface area contributed by atoms with Gasteiger partial charge in [0.05, 0.1) is 24.3 Å². The maximum absolute atomic E-state index is 9.25. The molecule has 0 bridgehead atoms. The number of nitrogens with zero attached hydrogens (tertiary/aromatic N) is 3. The molecule has 17 heavy (non-hydrogen) atoms. The minimum absolute atomic E-state index is 0.329. The molecule has 0 aliphatic heterocycles. The second-order valence-corrected chi connectivity index (χ2v) is 4.79. The van der Waals surface area contributed by atoms with Crippen molar-refractivity contribution in [2.24, 2.45) is 11.7 Å². The molecule has 1 fully saturated rings. The Morgan fingerprint density at radius 2 is 2.24 bits per heavy atom. The average Bonchev–Trinajstić information content (AvgIpc) is 3.14. The van der Waals surface area contributed by atoms with Crippen LogP contribution >= 0.6 is 0 Å². The lowest BCUT2D eigenvalue weighted by Crippen LogP contribution is -2.45. The fourth-order valence-corrected chi connectivity index (χ4v) is 2.25. The van der Waals surface area contributed by atoms with E-state index >= 15 is 0 Å². The van der Waals surface area contributed by atoms with Crippen LogP contribution in [0.15, 0.2) is 30.5 Å². The molecule has 4 heteroatoms. The third-order valence-electron chi connectivity index (χ3n) is 3.48. The lowest BCUT2D eigenvalue weighted by Gasteiger charge is -2.21. The first-order chi connectivity index (χ1) is 8.23. The van der Waals surface area contributed by atoms with Gasteiger partial charge in [0.2, 0.25) is 0 Å². The monoisotopic (exact) mass is 226 g/mol. The van der Waals surface area contributed by atoms with E-state index in [0.29, 0.717) is 12.5 Å². The molecule has 1 aliphatic rings. The standard InChI is InChI=1S/C13H14N4/c14-8-13(15,11-5-6-11)9-17-12-4-2-1-3-10(12)7-16-17/h1-4,7,11H,5-6,9,15H2. The molecule has 1 aromatic carbocycles. The normalized spacial score (nSPS) is 18.8. The minimum Gasteiger partial charge on any atom is -0.312 e. The Morgan fingerprint density at radius 1 is 1.47 bits per heavy atom. The van der Waals surface area contributed by atoms with Gasteiger partial charge in [-0.05, 0) is 24.8 Å². The van der Waals surface area contributed by atoms with E-state index in [1.54, 1.807) is 0 Å². The fraction of sp³-hybridized carbons (Fsp3) is 0.385. The van der Waals surface area contributed by atoms with Gasteiger partial charge >= 0.3 is 0 Å². The maximum atomic E-state index is 9.25. The summed E-state index contributed by atoms with van der Waals surface area (Å²) in [4.78, 5) is 0. The largest absolute Gasteiger partial charge is 0.312 e. The SMILES string of the molecule is N#CC(N)(Cn1ncc2ccccc21)C1CC1. The lowest BCUT2D eigenvalue weighted by molar-refractivity contribution is 0.391. The number of fused-ring (bicyclic) bond motifs is 1. The first-order valence-corrected chi connectivity index (χ1v) is 5.84. The van der Waals surface area contributed by atoms with Crippen molar-refractivity contribution in [1.29, 1.82) is 5.26 Å². The first-order valence-electron chi connectivity index (χ1n) is 5.84. The summed E-state index contributed by atoms with van der Waals surface area (Å²) < 4.78 is 1.84. The van der Waals surface area contributed by atoms with Crippen LogP contribution in [0, 0.1) is 17.2 Å². The molecule has 1 aromatic heterocycles. The number of hydrogen-bond acceptors (Lipinski definition) is 3. The average molecular weight is 226 g/mol. The van der Waals surface area contributed by atoms with E-state index in [2.05, 4.69) is 11.2 Å². The molecule has 3 rings (SSSR count). The Balaban J connectivity index is 1.97. The molecule has 2 N–H and O–H groups in total. The summed E-state index contributed by atoms with van der Waals surface area (Å²) in [5, 5.41) is 14.7. The van der Waals surface area contributed by atoms with Crippen LogP contribution in [0.5, 0.6) is 0 Å². The quantitative estimate of drug-likeness (QED) is 0.865. The predicted molar refractivity (Wildman–Crippen MR) is 65.0 cm³/mol. The van der Waals surface area contributed by atoms with E-state index < -0.39 is 5.54 Å². The Hall–Kier alpha value is -1.86. The third kappa shape index (κ3) is 1.69. The van der Waals surface area contributed by atoms with Crippen LogP contribution in [-0.4, -0.2) is 15.3 Å². The number of rotatable bonds is 3. The number of benzene rings is 1. The highest BCUT2D eigenvalue weighted by atomic mass is 15.3. The molecular weight excluding hydrogens is 212 g/mol. The van der Waals surface area contributed by atoms with Crippen molar-refractivity contribution >= 4 is 10.9 Å². The molecule has 0 spiro atoms. The molecule has 1 atom stereocenters. The third-order valence-corrected chi connectivity index (χ3v) is 3.48. The summed E-state index contributed by atoms with van der Waals surface area (Å²) in [5.74, 6) is 0.329. The lowest BCUT2D eigenvalue weighted by atomic mass is 9.96. The molecular formula is C13H14N4. The summed E-state index contributed by atoms with van der Waals surface area (Å²) in [6, 6.07) is 10.2. The van der Waals surface area contributed by atoms with Crippen LogP contribution in [0.1, 0.15) is 12.8 Å². The zero-order valence-electron chi connectivity index (χ0n) is 9.50. The van der Waals surface area contributed by atoms with Crippen LogP contribution in [0.2, 0.25) is 0 Å². The van der Waals surface area contributed by atoms with Crippen molar-refractivity contribution in [2.45, 2.75) is 24.9 Å². The van der Waals surface area contributed by atoms with E-state index in [9.17, 15) is 5.26 Å². The number of aromatic nitrogens is 2. The van der Waals surface area contributed by atoms with Crippen molar-refractivity contribution in [3.8, 4) is 6.07 Å². The van der Waals surface area contributed by atoms with Crippen LogP contribution in [0.25, 0.3) is 10.9 Å². The molecule has 1 saturated carbocycles. The van der Waals surface area contributed by atoms with Gasteiger partial charge in [0.25, 0.3) is 0 Å². The van der Waals surface area contributed by atoms with Crippen molar-refractivity contribution < 1.29 is 0 Å². The molecule has 4 nitrogen and oxygen atoms in total. The fourth-order valence-electron chi connectivity index (χ4n) is 2.25. The Morgan fingerprint density at radius 3 is 2.94 bits per heavy atom. The Kier molecular flexibility index (Phi) is 2.17. The van der Waals surface area contributed by atoms with Gasteiger partial charge in [0.1, 0.15) is 5.54 Å². The zero-order valence-corrected chi connectivity index (χ0v) is 9.50. The van der Waals surface area contributed by atoms with Gasteiger partial charge < -0.3 is 5.73 Å². The predicted octanol–water partition coefficient (Wildman–Crippen LogP) is 1.67. The highest BCUT2D eigenvalue weighted by Gasteiger charge is 2.43. The summed E-state index contributed by atoms with van der Waals surface area (Å²) in [5.41, 5.74) is 6.43. The topological polar surface area (TPSA) is 67.6 Å². The molecule has 1 heterocycles. The van der Waals surface area contributed by atoms with E-state index in [1.165, 1.54) is 0 Å². The molecule has 1 unspecified atom stereocenters. The van der Waals surface area contributed by atoms with Crippen molar-refractivity contribution in [2.75, 3.05) is 0 Å². The van der Waals surface area contributed by atoms with Crippen molar-refractivity contribution in [3.63, 3.8) is 0 Å². The van der Waals surface area contributed by atoms with Crippen molar-refractivity contribution in [1.82, 2.24) is 9.78 Å². The zero-order chi connectivity index (χ0) is 11.9. The summed E-state index contributed by atoms with van der Waals surface area (Å²) >= 11 is 0. The van der Waals surface area contributed by atoms with E-state index in [4.69, 9.17) is 5.73 Å². The summed E-state index contributed by atoms with van der Waals surface area (Å²) in [7, 11) is 0. The van der Waals surface area contributed by atoms with E-state index in [0.717, 1.165) is 23.7 Å². The van der Waals surface area contributed by atoms with Gasteiger partial charge in [-0.15, -0.1) is 0 Å². The molecule has 1 aliphatic carbocycles. The van der Waals surface area contributed by atoms with Crippen LogP contribution in [0.4, 0.5) is 0 Å². The van der Waals surface area contributed by atoms with Crippen LogP contribution in [-0.2, 0) is 6.54 Å².